The van der Waals surface area contributed by atoms with E-state index in [2.05, 4.69) is 4.98 Å². The van der Waals surface area contributed by atoms with Gasteiger partial charge in [-0.25, -0.2) is 13.8 Å². The minimum Gasteiger partial charge on any atom is -0.378 e. The maximum absolute atomic E-state index is 14.4. The number of thioether (sulfide) groups is 1. The first-order chi connectivity index (χ1) is 17.4. The Hall–Kier alpha value is -3.27. The van der Waals surface area contributed by atoms with E-state index in [1.807, 2.05) is 0 Å². The van der Waals surface area contributed by atoms with Crippen molar-refractivity contribution in [1.82, 2.24) is 14.5 Å². The van der Waals surface area contributed by atoms with E-state index in [0.717, 1.165) is 11.8 Å². The van der Waals surface area contributed by atoms with Gasteiger partial charge in [-0.2, -0.15) is 0 Å². The number of amides is 1. The van der Waals surface area contributed by atoms with E-state index < -0.39 is 11.6 Å². The van der Waals surface area contributed by atoms with Crippen molar-refractivity contribution in [1.29, 1.82) is 0 Å². The molecule has 0 atom stereocenters. The van der Waals surface area contributed by atoms with Crippen molar-refractivity contribution in [2.45, 2.75) is 10.9 Å². The molecule has 1 amide bonds. The monoisotopic (exact) mass is 527 g/mol. The number of rotatable bonds is 5. The Labute approximate surface area is 214 Å². The molecule has 4 aromatic rings. The Morgan fingerprint density at radius 3 is 2.53 bits per heavy atom. The molecule has 1 aromatic heterocycles. The lowest BCUT2D eigenvalue weighted by Gasteiger charge is -2.26. The van der Waals surface area contributed by atoms with Crippen molar-refractivity contribution in [2.24, 2.45) is 0 Å². The van der Waals surface area contributed by atoms with Gasteiger partial charge in [0.25, 0.3) is 11.5 Å². The van der Waals surface area contributed by atoms with Crippen molar-refractivity contribution in [3.8, 4) is 5.69 Å². The second-order valence-corrected chi connectivity index (χ2v) is 9.49. The molecule has 10 heteroatoms. The molecule has 6 nitrogen and oxygen atoms in total. The molecule has 0 N–H and O–H groups in total. The third kappa shape index (κ3) is 4.86. The highest BCUT2D eigenvalue weighted by Crippen LogP contribution is 2.29. The maximum atomic E-state index is 14.4. The Morgan fingerprint density at radius 1 is 1.06 bits per heavy atom. The number of hydrogen-bond acceptors (Lipinski definition) is 5. The third-order valence-corrected chi connectivity index (χ3v) is 7.20. The highest BCUT2D eigenvalue weighted by Gasteiger charge is 2.21. The molecular formula is C26H20ClF2N3O3S. The van der Waals surface area contributed by atoms with Gasteiger partial charge in [0, 0.05) is 35.0 Å². The molecule has 0 radical (unpaired) electrons. The average Bonchev–Trinajstić information content (AvgIpc) is 2.89. The van der Waals surface area contributed by atoms with Crippen LogP contribution in [0.5, 0.6) is 0 Å². The smallest absolute Gasteiger partial charge is 0.266 e. The largest absolute Gasteiger partial charge is 0.378 e. The number of carbonyl (C=O) groups is 1. The first-order valence-electron chi connectivity index (χ1n) is 11.2. The van der Waals surface area contributed by atoms with Gasteiger partial charge in [0.2, 0.25) is 0 Å². The molecule has 0 bridgehead atoms. The van der Waals surface area contributed by atoms with Crippen LogP contribution in [0.1, 0.15) is 15.9 Å². The van der Waals surface area contributed by atoms with Crippen LogP contribution in [0, 0.1) is 11.6 Å². The fraction of sp³-hybridized carbons (Fsp3) is 0.192. The average molecular weight is 528 g/mol. The Balaban J connectivity index is 1.60. The standard InChI is InChI=1S/C26H20ClF2N3O3S/c27-21-2-1-3-22(29)20(21)15-36-26-30-23-14-16(24(33)31-10-12-35-13-11-31)4-9-19(23)25(34)32(26)18-7-5-17(28)6-8-18/h1-9,14H,10-13,15H2. The molecule has 0 saturated carbocycles. The van der Waals surface area contributed by atoms with Gasteiger partial charge in [0.15, 0.2) is 5.16 Å². The zero-order chi connectivity index (χ0) is 25.2. The summed E-state index contributed by atoms with van der Waals surface area (Å²) in [6.45, 7) is 1.92. The van der Waals surface area contributed by atoms with Gasteiger partial charge < -0.3 is 9.64 Å². The number of hydrogen-bond donors (Lipinski definition) is 0. The summed E-state index contributed by atoms with van der Waals surface area (Å²) in [5, 5.41) is 0.817. The summed E-state index contributed by atoms with van der Waals surface area (Å²) in [7, 11) is 0. The molecular weight excluding hydrogens is 508 g/mol. The lowest BCUT2D eigenvalue weighted by atomic mass is 10.1. The zero-order valence-electron chi connectivity index (χ0n) is 18.9. The molecule has 184 valence electrons. The van der Waals surface area contributed by atoms with Crippen molar-refractivity contribution >= 4 is 40.2 Å². The van der Waals surface area contributed by atoms with Crippen molar-refractivity contribution < 1.29 is 18.3 Å². The van der Waals surface area contributed by atoms with E-state index in [-0.39, 0.29) is 33.0 Å². The lowest BCUT2D eigenvalue weighted by Crippen LogP contribution is -2.40. The fourth-order valence-electron chi connectivity index (χ4n) is 3.97. The van der Waals surface area contributed by atoms with E-state index in [1.165, 1.54) is 41.0 Å². The number of nitrogens with zero attached hydrogens (tertiary/aromatic N) is 3. The molecule has 1 aliphatic rings. The Bertz CT molecular complexity index is 1490. The quantitative estimate of drug-likeness (QED) is 0.267. The highest BCUT2D eigenvalue weighted by atomic mass is 35.5. The van der Waals surface area contributed by atoms with E-state index in [4.69, 9.17) is 16.3 Å². The van der Waals surface area contributed by atoms with Crippen molar-refractivity contribution in [2.75, 3.05) is 26.3 Å². The van der Waals surface area contributed by atoms with Gasteiger partial charge in [-0.3, -0.25) is 14.2 Å². The van der Waals surface area contributed by atoms with Crippen molar-refractivity contribution in [3.05, 3.63) is 98.8 Å². The predicted molar refractivity (Wildman–Crippen MR) is 135 cm³/mol. The molecule has 1 saturated heterocycles. The Kier molecular flexibility index (Phi) is 7.04. The fourth-order valence-corrected chi connectivity index (χ4v) is 5.33. The second-order valence-electron chi connectivity index (χ2n) is 8.14. The number of carbonyl (C=O) groups excluding carboxylic acids is 1. The van der Waals surface area contributed by atoms with Crippen LogP contribution in [-0.4, -0.2) is 46.7 Å². The first kappa shape index (κ1) is 24.4. The van der Waals surface area contributed by atoms with Gasteiger partial charge in [-0.1, -0.05) is 29.4 Å². The van der Waals surface area contributed by atoms with E-state index in [9.17, 15) is 18.4 Å². The minimum atomic E-state index is -0.468. The molecule has 1 fully saturated rings. The summed E-state index contributed by atoms with van der Waals surface area (Å²) in [6.07, 6.45) is 0. The number of fused-ring (bicyclic) bond motifs is 1. The summed E-state index contributed by atoms with van der Waals surface area (Å²) < 4.78 is 34.6. The van der Waals surface area contributed by atoms with Gasteiger partial charge in [0.05, 0.1) is 29.8 Å². The number of halogens is 3. The normalized spacial score (nSPS) is 13.8. The number of morpholine rings is 1. The summed E-state index contributed by atoms with van der Waals surface area (Å²) in [6, 6.07) is 14.6. The SMILES string of the molecule is O=C(c1ccc2c(=O)n(-c3ccc(F)cc3)c(SCc3c(F)cccc3Cl)nc2c1)N1CCOCC1. The maximum Gasteiger partial charge on any atom is 0.266 e. The summed E-state index contributed by atoms with van der Waals surface area (Å²) in [4.78, 5) is 32.9. The van der Waals surface area contributed by atoms with E-state index >= 15 is 0 Å². The van der Waals surface area contributed by atoms with Gasteiger partial charge in [-0.15, -0.1) is 0 Å². The zero-order valence-corrected chi connectivity index (χ0v) is 20.5. The molecule has 0 aliphatic carbocycles. The van der Waals surface area contributed by atoms with Crippen LogP contribution < -0.4 is 5.56 Å². The molecule has 2 heterocycles. The van der Waals surface area contributed by atoms with E-state index in [0.29, 0.717) is 48.5 Å². The topological polar surface area (TPSA) is 64.4 Å². The molecule has 3 aromatic carbocycles. The van der Waals surface area contributed by atoms with Crippen LogP contribution in [0.3, 0.4) is 0 Å². The van der Waals surface area contributed by atoms with Gasteiger partial charge >= 0.3 is 0 Å². The van der Waals surface area contributed by atoms with Crippen LogP contribution in [-0.2, 0) is 10.5 Å². The van der Waals surface area contributed by atoms with Crippen LogP contribution in [0.4, 0.5) is 8.78 Å². The van der Waals surface area contributed by atoms with Gasteiger partial charge in [0.1, 0.15) is 11.6 Å². The Morgan fingerprint density at radius 2 is 1.81 bits per heavy atom. The van der Waals surface area contributed by atoms with Crippen LogP contribution >= 0.6 is 23.4 Å². The molecule has 0 spiro atoms. The third-order valence-electron chi connectivity index (χ3n) is 5.88. The number of ether oxygens (including phenoxy) is 1. The summed E-state index contributed by atoms with van der Waals surface area (Å²) in [5.74, 6) is -0.974. The van der Waals surface area contributed by atoms with Crippen LogP contribution in [0.2, 0.25) is 5.02 Å². The predicted octanol–water partition coefficient (Wildman–Crippen LogP) is 5.08. The molecule has 36 heavy (non-hydrogen) atoms. The summed E-state index contributed by atoms with van der Waals surface area (Å²) >= 11 is 7.31. The molecule has 1 aliphatic heterocycles. The molecule has 0 unspecified atom stereocenters. The highest BCUT2D eigenvalue weighted by molar-refractivity contribution is 7.98. The van der Waals surface area contributed by atoms with Crippen LogP contribution in [0.25, 0.3) is 16.6 Å². The van der Waals surface area contributed by atoms with Crippen LogP contribution in [0.15, 0.2) is 70.6 Å². The lowest BCUT2D eigenvalue weighted by molar-refractivity contribution is 0.0303. The number of benzene rings is 3. The van der Waals surface area contributed by atoms with Crippen molar-refractivity contribution in [3.63, 3.8) is 0 Å². The second kappa shape index (κ2) is 10.4. The molecule has 5 rings (SSSR count). The first-order valence-corrected chi connectivity index (χ1v) is 12.5. The summed E-state index contributed by atoms with van der Waals surface area (Å²) in [5.41, 5.74) is 1.04. The minimum absolute atomic E-state index is 0.108. The number of aromatic nitrogens is 2. The van der Waals surface area contributed by atoms with Gasteiger partial charge in [-0.05, 0) is 54.6 Å². The van der Waals surface area contributed by atoms with E-state index in [1.54, 1.807) is 29.2 Å².